The first-order valence-electron chi connectivity index (χ1n) is 7.55. The number of allylic oxidation sites excluding steroid dienone is 1. The van der Waals surface area contributed by atoms with E-state index >= 15 is 0 Å². The molecular weight excluding hydrogens is 292 g/mol. The number of carbonyl (C=O) groups excluding carboxylic acids is 1. The zero-order valence-electron chi connectivity index (χ0n) is 13.2. The smallest absolute Gasteiger partial charge is 0.330 e. The van der Waals surface area contributed by atoms with Crippen molar-refractivity contribution >= 4 is 5.97 Å². The van der Waals surface area contributed by atoms with Crippen LogP contribution in [0.5, 0.6) is 0 Å². The molecule has 7 nitrogen and oxygen atoms in total. The molecule has 22 heavy (non-hydrogen) atoms. The van der Waals surface area contributed by atoms with Crippen molar-refractivity contribution in [3.63, 3.8) is 0 Å². The number of carbonyl (C=O) groups is 1. The monoisotopic (exact) mass is 318 g/mol. The minimum Gasteiger partial charge on any atom is -0.463 e. The van der Waals surface area contributed by atoms with Crippen LogP contribution < -0.4 is 0 Å². The predicted octanol–water partition coefficient (Wildman–Crippen LogP) is 0.118. The van der Waals surface area contributed by atoms with Gasteiger partial charge in [0, 0.05) is 6.08 Å². The van der Waals surface area contributed by atoms with Crippen LogP contribution in [0.4, 0.5) is 0 Å². The number of ether oxygens (including phenoxy) is 3. The molecule has 1 aliphatic heterocycles. The van der Waals surface area contributed by atoms with Crippen LogP contribution in [0.2, 0.25) is 0 Å². The van der Waals surface area contributed by atoms with Gasteiger partial charge in [-0.3, -0.25) is 0 Å². The summed E-state index contributed by atoms with van der Waals surface area (Å²) >= 11 is 0. The molecule has 0 radical (unpaired) electrons. The van der Waals surface area contributed by atoms with E-state index in [1.54, 1.807) is 26.8 Å². The Labute approximate surface area is 130 Å². The fourth-order valence-electron chi connectivity index (χ4n) is 2.12. The van der Waals surface area contributed by atoms with E-state index < -0.39 is 30.7 Å². The second kappa shape index (κ2) is 9.22. The highest BCUT2D eigenvalue weighted by Gasteiger charge is 2.42. The van der Waals surface area contributed by atoms with Crippen molar-refractivity contribution in [3.8, 4) is 0 Å². The third-order valence-corrected chi connectivity index (χ3v) is 3.46. The number of hydrogen-bond donors (Lipinski definition) is 3. The van der Waals surface area contributed by atoms with Crippen LogP contribution in [0, 0.1) is 0 Å². The van der Waals surface area contributed by atoms with Gasteiger partial charge in [-0.05, 0) is 33.6 Å². The van der Waals surface area contributed by atoms with Crippen LogP contribution in [0.15, 0.2) is 12.2 Å². The Morgan fingerprint density at radius 3 is 2.59 bits per heavy atom. The summed E-state index contributed by atoms with van der Waals surface area (Å²) in [5.41, 5.74) is 0. The zero-order valence-corrected chi connectivity index (χ0v) is 13.2. The maximum absolute atomic E-state index is 11.1. The SMILES string of the molecule is CCOC(=O)/C=C/CC[C@@H](C)O[C@@H]1O[C@@H](C)C(O)[C@@H](O)[C@H]1O. The van der Waals surface area contributed by atoms with E-state index in [2.05, 4.69) is 0 Å². The lowest BCUT2D eigenvalue weighted by atomic mass is 10.00. The fourth-order valence-corrected chi connectivity index (χ4v) is 2.12. The molecule has 1 rings (SSSR count). The van der Waals surface area contributed by atoms with Gasteiger partial charge in [0.15, 0.2) is 6.29 Å². The van der Waals surface area contributed by atoms with E-state index in [1.165, 1.54) is 6.08 Å². The third kappa shape index (κ3) is 5.66. The third-order valence-electron chi connectivity index (χ3n) is 3.46. The lowest BCUT2D eigenvalue weighted by Gasteiger charge is -2.39. The Bertz CT molecular complexity index is 371. The number of aliphatic hydroxyl groups is 3. The van der Waals surface area contributed by atoms with Gasteiger partial charge in [0.05, 0.1) is 18.8 Å². The molecule has 1 saturated heterocycles. The maximum atomic E-state index is 11.1. The van der Waals surface area contributed by atoms with Gasteiger partial charge in [0.1, 0.15) is 18.3 Å². The molecule has 0 spiro atoms. The second-order valence-corrected chi connectivity index (χ2v) is 5.36. The van der Waals surface area contributed by atoms with E-state index in [0.29, 0.717) is 19.4 Å². The first-order chi connectivity index (χ1) is 10.4. The van der Waals surface area contributed by atoms with Crippen LogP contribution in [-0.4, -0.2) is 64.7 Å². The molecule has 0 aromatic carbocycles. The lowest BCUT2D eigenvalue weighted by Crippen LogP contribution is -2.57. The van der Waals surface area contributed by atoms with Gasteiger partial charge in [-0.1, -0.05) is 6.08 Å². The molecule has 1 heterocycles. The summed E-state index contributed by atoms with van der Waals surface area (Å²) in [7, 11) is 0. The molecule has 0 aliphatic carbocycles. The topological polar surface area (TPSA) is 105 Å². The van der Waals surface area contributed by atoms with Crippen molar-refractivity contribution < 1.29 is 34.3 Å². The van der Waals surface area contributed by atoms with Crippen molar-refractivity contribution in [1.82, 2.24) is 0 Å². The van der Waals surface area contributed by atoms with Crippen molar-refractivity contribution in [3.05, 3.63) is 12.2 Å². The Morgan fingerprint density at radius 1 is 1.27 bits per heavy atom. The molecule has 0 aromatic rings. The molecule has 6 atom stereocenters. The molecule has 0 saturated carbocycles. The van der Waals surface area contributed by atoms with Gasteiger partial charge >= 0.3 is 5.97 Å². The van der Waals surface area contributed by atoms with E-state index in [0.717, 1.165) is 0 Å². The number of aliphatic hydroxyl groups excluding tert-OH is 3. The highest BCUT2D eigenvalue weighted by molar-refractivity contribution is 5.81. The maximum Gasteiger partial charge on any atom is 0.330 e. The van der Waals surface area contributed by atoms with Gasteiger partial charge in [-0.15, -0.1) is 0 Å². The number of esters is 1. The molecule has 3 N–H and O–H groups in total. The minimum absolute atomic E-state index is 0.249. The summed E-state index contributed by atoms with van der Waals surface area (Å²) in [6.07, 6.45) is -1.34. The number of hydrogen-bond acceptors (Lipinski definition) is 7. The standard InChI is InChI=1S/C15H26O7/c1-4-20-11(16)8-6-5-7-9(2)21-15-14(19)13(18)12(17)10(3)22-15/h6,8-10,12-15,17-19H,4-5,7H2,1-3H3/b8-6+/t9-,10+,12?,13-,14-,15-/m1/s1. The summed E-state index contributed by atoms with van der Waals surface area (Å²) in [6.45, 7) is 5.48. The van der Waals surface area contributed by atoms with E-state index in [4.69, 9.17) is 14.2 Å². The highest BCUT2D eigenvalue weighted by Crippen LogP contribution is 2.23. The molecule has 128 valence electrons. The first-order valence-corrected chi connectivity index (χ1v) is 7.55. The molecular formula is C15H26O7. The van der Waals surface area contributed by atoms with Crippen LogP contribution in [0.3, 0.4) is 0 Å². The summed E-state index contributed by atoms with van der Waals surface area (Å²) < 4.78 is 15.7. The van der Waals surface area contributed by atoms with Crippen molar-refractivity contribution in [2.24, 2.45) is 0 Å². The highest BCUT2D eigenvalue weighted by atomic mass is 16.7. The first kappa shape index (κ1) is 19.1. The quantitative estimate of drug-likeness (QED) is 0.452. The molecule has 7 heteroatoms. The summed E-state index contributed by atoms with van der Waals surface area (Å²) in [5, 5.41) is 29.1. The summed E-state index contributed by atoms with van der Waals surface area (Å²) in [6, 6.07) is 0. The van der Waals surface area contributed by atoms with Crippen LogP contribution >= 0.6 is 0 Å². The van der Waals surface area contributed by atoms with Crippen molar-refractivity contribution in [1.29, 1.82) is 0 Å². The van der Waals surface area contributed by atoms with Gasteiger partial charge in [0.2, 0.25) is 0 Å². The van der Waals surface area contributed by atoms with Crippen LogP contribution in [-0.2, 0) is 19.0 Å². The van der Waals surface area contributed by atoms with Crippen molar-refractivity contribution in [2.45, 2.75) is 70.4 Å². The van der Waals surface area contributed by atoms with Gasteiger partial charge in [-0.25, -0.2) is 4.79 Å². The summed E-state index contributed by atoms with van der Waals surface area (Å²) in [5.74, 6) is -0.381. The Morgan fingerprint density at radius 2 is 1.95 bits per heavy atom. The lowest BCUT2D eigenvalue weighted by molar-refractivity contribution is -0.302. The molecule has 0 aromatic heterocycles. The number of rotatable bonds is 7. The largest absolute Gasteiger partial charge is 0.463 e. The van der Waals surface area contributed by atoms with Gasteiger partial charge in [-0.2, -0.15) is 0 Å². The molecule has 0 bridgehead atoms. The molecule has 0 amide bonds. The van der Waals surface area contributed by atoms with Crippen molar-refractivity contribution in [2.75, 3.05) is 6.61 Å². The molecule has 1 aliphatic rings. The second-order valence-electron chi connectivity index (χ2n) is 5.36. The Hall–Kier alpha value is -0.990. The van der Waals surface area contributed by atoms with E-state index in [1.807, 2.05) is 0 Å². The normalized spacial score (nSPS) is 33.8. The van der Waals surface area contributed by atoms with E-state index in [-0.39, 0.29) is 12.1 Å². The van der Waals surface area contributed by atoms with Crippen LogP contribution in [0.1, 0.15) is 33.6 Å². The van der Waals surface area contributed by atoms with Crippen LogP contribution in [0.25, 0.3) is 0 Å². The minimum atomic E-state index is -1.30. The predicted molar refractivity (Wildman–Crippen MR) is 77.9 cm³/mol. The average molecular weight is 318 g/mol. The molecule has 1 unspecified atom stereocenters. The van der Waals surface area contributed by atoms with Gasteiger partial charge in [0.25, 0.3) is 0 Å². The fraction of sp³-hybridized carbons (Fsp3) is 0.800. The summed E-state index contributed by atoms with van der Waals surface area (Å²) in [4.78, 5) is 11.1. The average Bonchev–Trinajstić information content (AvgIpc) is 2.47. The molecule has 1 fully saturated rings. The van der Waals surface area contributed by atoms with Gasteiger partial charge < -0.3 is 29.5 Å². The zero-order chi connectivity index (χ0) is 16.7. The van der Waals surface area contributed by atoms with E-state index in [9.17, 15) is 20.1 Å². The Kier molecular flexibility index (Phi) is 7.98. The Balaban J connectivity index is 2.35.